The Bertz CT molecular complexity index is 322. The van der Waals surface area contributed by atoms with Crippen LogP contribution in [0.3, 0.4) is 0 Å². The Labute approximate surface area is 101 Å². The highest BCUT2D eigenvalue weighted by molar-refractivity contribution is 7.98. The number of nitrogens with two attached hydrogens (primary N) is 1. The van der Waals surface area contributed by atoms with Crippen molar-refractivity contribution in [3.8, 4) is 0 Å². The van der Waals surface area contributed by atoms with Crippen LogP contribution in [-0.4, -0.2) is 19.5 Å². The fraction of sp³-hybridized carbons (Fsp3) is 0.500. The van der Waals surface area contributed by atoms with E-state index in [2.05, 4.69) is 35.9 Å². The third-order valence-electron chi connectivity index (χ3n) is 3.09. The van der Waals surface area contributed by atoms with Gasteiger partial charge in [0.1, 0.15) is 0 Å². The average molecular weight is 238 g/mol. The van der Waals surface area contributed by atoms with Gasteiger partial charge >= 0.3 is 0 Å². The molecule has 2 rings (SSSR count). The summed E-state index contributed by atoms with van der Waals surface area (Å²) < 4.78 is 5.41. The number of hydrazine groups is 1. The fourth-order valence-electron chi connectivity index (χ4n) is 2.13. The zero-order chi connectivity index (χ0) is 11.4. The van der Waals surface area contributed by atoms with Crippen molar-refractivity contribution in [3.05, 3.63) is 29.8 Å². The first-order valence-electron chi connectivity index (χ1n) is 5.53. The molecule has 1 aromatic rings. The molecule has 2 atom stereocenters. The Balaban J connectivity index is 2.12. The van der Waals surface area contributed by atoms with Crippen molar-refractivity contribution < 1.29 is 4.74 Å². The number of thioether (sulfide) groups is 1. The molecule has 1 aliphatic heterocycles. The third-order valence-corrected chi connectivity index (χ3v) is 3.83. The first kappa shape index (κ1) is 11.9. The summed E-state index contributed by atoms with van der Waals surface area (Å²) in [5.74, 6) is 6.14. The van der Waals surface area contributed by atoms with Crippen LogP contribution < -0.4 is 11.3 Å². The maximum Gasteiger partial charge on any atom is 0.0513 e. The smallest absolute Gasteiger partial charge is 0.0513 e. The van der Waals surface area contributed by atoms with Crippen molar-refractivity contribution in [2.75, 3.05) is 19.5 Å². The Morgan fingerprint density at radius 1 is 1.44 bits per heavy atom. The van der Waals surface area contributed by atoms with E-state index in [9.17, 15) is 0 Å². The normalized spacial score (nSPS) is 22.2. The van der Waals surface area contributed by atoms with E-state index in [1.807, 2.05) is 0 Å². The number of benzene rings is 1. The summed E-state index contributed by atoms with van der Waals surface area (Å²) in [7, 11) is 0. The van der Waals surface area contributed by atoms with E-state index in [0.717, 1.165) is 19.6 Å². The van der Waals surface area contributed by atoms with Crippen molar-refractivity contribution in [3.63, 3.8) is 0 Å². The van der Waals surface area contributed by atoms with Gasteiger partial charge in [0.25, 0.3) is 0 Å². The molecule has 0 aromatic heterocycles. The van der Waals surface area contributed by atoms with Gasteiger partial charge in [-0.15, -0.1) is 11.8 Å². The van der Waals surface area contributed by atoms with Gasteiger partial charge in [-0.2, -0.15) is 0 Å². The van der Waals surface area contributed by atoms with Crippen LogP contribution >= 0.6 is 11.8 Å². The van der Waals surface area contributed by atoms with Crippen LogP contribution in [0.1, 0.15) is 18.0 Å². The van der Waals surface area contributed by atoms with Crippen LogP contribution in [0.25, 0.3) is 0 Å². The lowest BCUT2D eigenvalue weighted by atomic mass is 9.93. The summed E-state index contributed by atoms with van der Waals surface area (Å²) in [5.41, 5.74) is 4.16. The molecule has 0 saturated carbocycles. The van der Waals surface area contributed by atoms with E-state index in [4.69, 9.17) is 10.6 Å². The van der Waals surface area contributed by atoms with Gasteiger partial charge in [-0.05, 0) is 30.4 Å². The molecule has 1 aromatic carbocycles. The number of ether oxygens (including phenoxy) is 1. The molecule has 2 unspecified atom stereocenters. The van der Waals surface area contributed by atoms with Gasteiger partial charge in [0, 0.05) is 17.4 Å². The monoisotopic (exact) mass is 238 g/mol. The molecule has 1 saturated heterocycles. The Morgan fingerprint density at radius 3 is 2.69 bits per heavy atom. The van der Waals surface area contributed by atoms with E-state index in [0.29, 0.717) is 5.92 Å². The van der Waals surface area contributed by atoms with Crippen molar-refractivity contribution in [1.29, 1.82) is 0 Å². The van der Waals surface area contributed by atoms with Crippen LogP contribution in [0.15, 0.2) is 29.2 Å². The number of hydrogen-bond acceptors (Lipinski definition) is 4. The zero-order valence-electron chi connectivity index (χ0n) is 9.48. The molecule has 0 aliphatic carbocycles. The first-order chi connectivity index (χ1) is 7.85. The molecule has 88 valence electrons. The SMILES string of the molecule is CSc1ccc(C(NN)C2CCOC2)cc1. The summed E-state index contributed by atoms with van der Waals surface area (Å²) in [5, 5.41) is 0. The lowest BCUT2D eigenvalue weighted by molar-refractivity contribution is 0.177. The van der Waals surface area contributed by atoms with Gasteiger partial charge in [-0.25, -0.2) is 0 Å². The maximum absolute atomic E-state index is 5.64. The molecule has 3 N–H and O–H groups in total. The molecule has 4 heteroatoms. The van der Waals surface area contributed by atoms with Gasteiger partial charge in [-0.1, -0.05) is 12.1 Å². The van der Waals surface area contributed by atoms with Crippen molar-refractivity contribution in [2.45, 2.75) is 17.4 Å². The maximum atomic E-state index is 5.64. The van der Waals surface area contributed by atoms with Gasteiger partial charge < -0.3 is 4.74 Å². The molecule has 0 spiro atoms. The molecule has 16 heavy (non-hydrogen) atoms. The van der Waals surface area contributed by atoms with Crippen molar-refractivity contribution in [1.82, 2.24) is 5.43 Å². The topological polar surface area (TPSA) is 47.3 Å². The highest BCUT2D eigenvalue weighted by Crippen LogP contribution is 2.29. The summed E-state index contributed by atoms with van der Waals surface area (Å²) in [6.07, 6.45) is 3.16. The second kappa shape index (κ2) is 5.68. The van der Waals surface area contributed by atoms with Crippen LogP contribution in [-0.2, 0) is 4.74 Å². The Morgan fingerprint density at radius 2 is 2.19 bits per heavy atom. The minimum Gasteiger partial charge on any atom is -0.381 e. The summed E-state index contributed by atoms with van der Waals surface area (Å²) in [4.78, 5) is 1.28. The van der Waals surface area contributed by atoms with Crippen LogP contribution in [0.5, 0.6) is 0 Å². The van der Waals surface area contributed by atoms with Crippen LogP contribution in [0.4, 0.5) is 0 Å². The minimum atomic E-state index is 0.207. The second-order valence-corrected chi connectivity index (χ2v) is 4.92. The number of rotatable bonds is 4. The van der Waals surface area contributed by atoms with Crippen LogP contribution in [0.2, 0.25) is 0 Å². The van der Waals surface area contributed by atoms with Crippen LogP contribution in [0, 0.1) is 5.92 Å². The summed E-state index contributed by atoms with van der Waals surface area (Å²) in [6, 6.07) is 8.78. The Kier molecular flexibility index (Phi) is 4.23. The largest absolute Gasteiger partial charge is 0.381 e. The average Bonchev–Trinajstić information content (AvgIpc) is 2.85. The molecule has 1 heterocycles. The highest BCUT2D eigenvalue weighted by Gasteiger charge is 2.25. The van der Waals surface area contributed by atoms with Crippen molar-refractivity contribution in [2.24, 2.45) is 11.8 Å². The lowest BCUT2D eigenvalue weighted by Gasteiger charge is -2.22. The van der Waals surface area contributed by atoms with Gasteiger partial charge in [0.15, 0.2) is 0 Å². The van der Waals surface area contributed by atoms with Gasteiger partial charge in [0.05, 0.1) is 12.6 Å². The third kappa shape index (κ3) is 2.58. The molecular weight excluding hydrogens is 220 g/mol. The van der Waals surface area contributed by atoms with Gasteiger partial charge in [-0.3, -0.25) is 11.3 Å². The minimum absolute atomic E-state index is 0.207. The second-order valence-electron chi connectivity index (χ2n) is 4.04. The van der Waals surface area contributed by atoms with Gasteiger partial charge in [0.2, 0.25) is 0 Å². The number of hydrogen-bond donors (Lipinski definition) is 2. The predicted molar refractivity (Wildman–Crippen MR) is 67.2 cm³/mol. The quantitative estimate of drug-likeness (QED) is 0.478. The highest BCUT2D eigenvalue weighted by atomic mass is 32.2. The predicted octanol–water partition coefficient (Wildman–Crippen LogP) is 1.95. The fourth-order valence-corrected chi connectivity index (χ4v) is 2.54. The summed E-state index contributed by atoms with van der Waals surface area (Å²) >= 11 is 1.75. The molecule has 3 nitrogen and oxygen atoms in total. The van der Waals surface area contributed by atoms with Crippen molar-refractivity contribution >= 4 is 11.8 Å². The van der Waals surface area contributed by atoms with E-state index in [-0.39, 0.29) is 6.04 Å². The molecule has 0 radical (unpaired) electrons. The van der Waals surface area contributed by atoms with E-state index in [1.165, 1.54) is 10.5 Å². The summed E-state index contributed by atoms with van der Waals surface area (Å²) in [6.45, 7) is 1.66. The molecular formula is C12H18N2OS. The first-order valence-corrected chi connectivity index (χ1v) is 6.75. The molecule has 0 amide bonds. The molecule has 1 aliphatic rings. The lowest BCUT2D eigenvalue weighted by Crippen LogP contribution is -2.33. The molecule has 0 bridgehead atoms. The molecule has 1 fully saturated rings. The number of nitrogens with one attached hydrogen (secondary N) is 1. The van der Waals surface area contributed by atoms with E-state index < -0.39 is 0 Å². The van der Waals surface area contributed by atoms with E-state index in [1.54, 1.807) is 11.8 Å². The standard InChI is InChI=1S/C12H18N2OS/c1-16-11-4-2-9(3-5-11)12(14-13)10-6-7-15-8-10/h2-5,10,12,14H,6-8,13H2,1H3. The Hall–Kier alpha value is -0.550. The van der Waals surface area contributed by atoms with E-state index >= 15 is 0 Å². The zero-order valence-corrected chi connectivity index (χ0v) is 10.3.